The molecular formula is C18H28N2. The van der Waals surface area contributed by atoms with Crippen LogP contribution in [-0.4, -0.2) is 18.1 Å². The molecule has 2 fully saturated rings. The van der Waals surface area contributed by atoms with Crippen LogP contribution in [0.2, 0.25) is 0 Å². The van der Waals surface area contributed by atoms with Crippen LogP contribution in [0, 0.1) is 17.8 Å². The van der Waals surface area contributed by atoms with E-state index in [1.165, 1.54) is 50.6 Å². The van der Waals surface area contributed by atoms with Crippen LogP contribution in [0.25, 0.3) is 0 Å². The lowest BCUT2D eigenvalue weighted by atomic mass is 9.66. The zero-order valence-corrected chi connectivity index (χ0v) is 12.7. The Kier molecular flexibility index (Phi) is 4.72. The molecule has 4 unspecified atom stereocenters. The van der Waals surface area contributed by atoms with Gasteiger partial charge in [0.1, 0.15) is 0 Å². The van der Waals surface area contributed by atoms with Crippen molar-refractivity contribution in [1.29, 1.82) is 0 Å². The maximum atomic E-state index is 4.50. The summed E-state index contributed by atoms with van der Waals surface area (Å²) in [5.74, 6) is 2.91. The largest absolute Gasteiger partial charge is 0.316 e. The Morgan fingerprint density at radius 3 is 2.75 bits per heavy atom. The standard InChI is InChI=1S/C18H28N2/c1-19-18(13-17-8-4-5-11-20-17)16-10-9-14-6-2-3-7-15(14)12-16/h4-5,8,11,14-16,18-19H,2-3,6-7,9-10,12-13H2,1H3. The first-order valence-electron chi connectivity index (χ1n) is 8.44. The number of rotatable bonds is 4. The van der Waals surface area contributed by atoms with Gasteiger partial charge in [-0.25, -0.2) is 0 Å². The van der Waals surface area contributed by atoms with E-state index < -0.39 is 0 Å². The smallest absolute Gasteiger partial charge is 0.0419 e. The lowest BCUT2D eigenvalue weighted by molar-refractivity contribution is 0.111. The summed E-state index contributed by atoms with van der Waals surface area (Å²) < 4.78 is 0. The molecule has 1 heterocycles. The van der Waals surface area contributed by atoms with Gasteiger partial charge in [-0.1, -0.05) is 31.7 Å². The molecule has 4 atom stereocenters. The van der Waals surface area contributed by atoms with Gasteiger partial charge in [-0.3, -0.25) is 4.98 Å². The molecule has 0 saturated heterocycles. The molecule has 0 aromatic carbocycles. The van der Waals surface area contributed by atoms with E-state index in [2.05, 4.69) is 29.5 Å². The van der Waals surface area contributed by atoms with Crippen LogP contribution in [0.5, 0.6) is 0 Å². The molecule has 0 bridgehead atoms. The Balaban J connectivity index is 1.61. The van der Waals surface area contributed by atoms with Crippen molar-refractivity contribution < 1.29 is 0 Å². The summed E-state index contributed by atoms with van der Waals surface area (Å²) in [6, 6.07) is 6.88. The third-order valence-electron chi connectivity index (χ3n) is 5.68. The molecule has 0 radical (unpaired) electrons. The van der Waals surface area contributed by atoms with Gasteiger partial charge >= 0.3 is 0 Å². The van der Waals surface area contributed by atoms with Gasteiger partial charge in [0, 0.05) is 24.4 Å². The van der Waals surface area contributed by atoms with Crippen molar-refractivity contribution in [2.45, 2.75) is 57.4 Å². The molecular weight excluding hydrogens is 244 g/mol. The highest BCUT2D eigenvalue weighted by Crippen LogP contribution is 2.43. The summed E-state index contributed by atoms with van der Waals surface area (Å²) >= 11 is 0. The van der Waals surface area contributed by atoms with Gasteiger partial charge < -0.3 is 5.32 Å². The molecule has 3 rings (SSSR count). The highest BCUT2D eigenvalue weighted by Gasteiger charge is 2.34. The van der Waals surface area contributed by atoms with Crippen molar-refractivity contribution in [2.24, 2.45) is 17.8 Å². The number of hydrogen-bond acceptors (Lipinski definition) is 2. The fourth-order valence-corrected chi connectivity index (χ4v) is 4.52. The van der Waals surface area contributed by atoms with E-state index in [9.17, 15) is 0 Å². The normalized spacial score (nSPS) is 31.6. The second-order valence-electron chi connectivity index (χ2n) is 6.80. The maximum Gasteiger partial charge on any atom is 0.0419 e. The number of likely N-dealkylation sites (N-methyl/N-ethyl adjacent to an activating group) is 1. The first-order valence-corrected chi connectivity index (χ1v) is 8.44. The van der Waals surface area contributed by atoms with Gasteiger partial charge in [0.2, 0.25) is 0 Å². The van der Waals surface area contributed by atoms with Crippen molar-refractivity contribution in [3.05, 3.63) is 30.1 Å². The van der Waals surface area contributed by atoms with Crippen molar-refractivity contribution in [2.75, 3.05) is 7.05 Å². The Hall–Kier alpha value is -0.890. The minimum atomic E-state index is 0.604. The fraction of sp³-hybridized carbons (Fsp3) is 0.722. The number of nitrogens with one attached hydrogen (secondary N) is 1. The molecule has 20 heavy (non-hydrogen) atoms. The molecule has 2 aliphatic carbocycles. The van der Waals surface area contributed by atoms with Crippen LogP contribution in [0.4, 0.5) is 0 Å². The van der Waals surface area contributed by atoms with Crippen LogP contribution in [0.1, 0.15) is 50.6 Å². The Morgan fingerprint density at radius 2 is 2.00 bits per heavy atom. The van der Waals surface area contributed by atoms with Crippen molar-refractivity contribution in [3.8, 4) is 0 Å². The summed E-state index contributed by atoms with van der Waals surface area (Å²) in [6.45, 7) is 0. The first kappa shape index (κ1) is 14.1. The van der Waals surface area contributed by atoms with E-state index in [0.29, 0.717) is 6.04 Å². The molecule has 110 valence electrons. The summed E-state index contributed by atoms with van der Waals surface area (Å²) in [6.07, 6.45) is 13.3. The van der Waals surface area contributed by atoms with Gasteiger partial charge in [0.15, 0.2) is 0 Å². The number of hydrogen-bond donors (Lipinski definition) is 1. The van der Waals surface area contributed by atoms with Gasteiger partial charge in [-0.2, -0.15) is 0 Å². The molecule has 2 saturated carbocycles. The average molecular weight is 272 g/mol. The molecule has 1 N–H and O–H groups in total. The van der Waals surface area contributed by atoms with Crippen molar-refractivity contribution in [1.82, 2.24) is 10.3 Å². The Morgan fingerprint density at radius 1 is 1.15 bits per heavy atom. The number of aromatic nitrogens is 1. The predicted molar refractivity (Wildman–Crippen MR) is 83.6 cm³/mol. The number of nitrogens with zero attached hydrogens (tertiary/aromatic N) is 1. The van der Waals surface area contributed by atoms with Crippen LogP contribution in [-0.2, 0) is 6.42 Å². The van der Waals surface area contributed by atoms with E-state index in [0.717, 1.165) is 24.2 Å². The van der Waals surface area contributed by atoms with Crippen molar-refractivity contribution >= 4 is 0 Å². The van der Waals surface area contributed by atoms with E-state index in [-0.39, 0.29) is 0 Å². The fourth-order valence-electron chi connectivity index (χ4n) is 4.52. The van der Waals surface area contributed by atoms with E-state index >= 15 is 0 Å². The molecule has 1 aromatic heterocycles. The monoisotopic (exact) mass is 272 g/mol. The highest BCUT2D eigenvalue weighted by molar-refractivity contribution is 5.06. The molecule has 2 nitrogen and oxygen atoms in total. The third kappa shape index (κ3) is 3.22. The van der Waals surface area contributed by atoms with Gasteiger partial charge in [-0.05, 0) is 56.2 Å². The average Bonchev–Trinajstić information content (AvgIpc) is 2.53. The first-order chi connectivity index (χ1) is 9.86. The third-order valence-corrected chi connectivity index (χ3v) is 5.68. The SMILES string of the molecule is CNC(Cc1ccccn1)C1CCC2CCCCC2C1. The molecule has 1 aromatic rings. The lowest BCUT2D eigenvalue weighted by Crippen LogP contribution is -2.40. The van der Waals surface area contributed by atoms with Crippen LogP contribution >= 0.6 is 0 Å². The van der Waals surface area contributed by atoms with Crippen LogP contribution in [0.15, 0.2) is 24.4 Å². The van der Waals surface area contributed by atoms with E-state index in [4.69, 9.17) is 0 Å². The van der Waals surface area contributed by atoms with Gasteiger partial charge in [0.05, 0.1) is 0 Å². The minimum absolute atomic E-state index is 0.604. The molecule has 0 spiro atoms. The summed E-state index contributed by atoms with van der Waals surface area (Å²) in [5, 5.41) is 3.58. The Bertz CT molecular complexity index is 403. The zero-order chi connectivity index (χ0) is 13.8. The van der Waals surface area contributed by atoms with E-state index in [1.807, 2.05) is 12.3 Å². The quantitative estimate of drug-likeness (QED) is 0.901. The summed E-state index contributed by atoms with van der Waals surface area (Å²) in [7, 11) is 2.13. The second-order valence-corrected chi connectivity index (χ2v) is 6.80. The van der Waals surface area contributed by atoms with Gasteiger partial charge in [0.25, 0.3) is 0 Å². The predicted octanol–water partition coefficient (Wildman–Crippen LogP) is 3.82. The maximum absolute atomic E-state index is 4.50. The topological polar surface area (TPSA) is 24.9 Å². The number of pyridine rings is 1. The summed E-state index contributed by atoms with van der Waals surface area (Å²) in [4.78, 5) is 4.50. The molecule has 0 aliphatic heterocycles. The van der Waals surface area contributed by atoms with E-state index in [1.54, 1.807) is 0 Å². The lowest BCUT2D eigenvalue weighted by Gasteiger charge is -2.42. The van der Waals surface area contributed by atoms with Crippen LogP contribution < -0.4 is 5.32 Å². The molecule has 0 amide bonds. The zero-order valence-electron chi connectivity index (χ0n) is 12.7. The highest BCUT2D eigenvalue weighted by atomic mass is 14.9. The minimum Gasteiger partial charge on any atom is -0.316 e. The number of fused-ring (bicyclic) bond motifs is 1. The molecule has 2 aliphatic rings. The summed E-state index contributed by atoms with van der Waals surface area (Å²) in [5.41, 5.74) is 1.23. The molecule has 2 heteroatoms. The Labute approximate surface area is 123 Å². The van der Waals surface area contributed by atoms with Gasteiger partial charge in [-0.15, -0.1) is 0 Å². The van der Waals surface area contributed by atoms with Crippen LogP contribution in [0.3, 0.4) is 0 Å². The second kappa shape index (κ2) is 6.71. The van der Waals surface area contributed by atoms with Crippen molar-refractivity contribution in [3.63, 3.8) is 0 Å².